The SMILES string of the molecule is CCN1C(=O)Cc2cc(NC(=N)c3cccs3)ccc21. The highest BCUT2D eigenvalue weighted by Crippen LogP contribution is 2.31. The van der Waals surface area contributed by atoms with E-state index in [-0.39, 0.29) is 5.91 Å². The Balaban J connectivity index is 1.82. The topological polar surface area (TPSA) is 56.2 Å². The van der Waals surface area contributed by atoms with Crippen molar-refractivity contribution in [2.24, 2.45) is 0 Å². The zero-order valence-electron chi connectivity index (χ0n) is 11.1. The van der Waals surface area contributed by atoms with Gasteiger partial charge in [0.1, 0.15) is 5.84 Å². The molecule has 0 saturated carbocycles. The average molecular weight is 285 g/mol. The predicted octanol–water partition coefficient (Wildman–Crippen LogP) is 3.09. The van der Waals surface area contributed by atoms with Crippen LogP contribution < -0.4 is 10.2 Å². The van der Waals surface area contributed by atoms with Crippen molar-refractivity contribution in [2.75, 3.05) is 16.8 Å². The first kappa shape index (κ1) is 12.9. The maximum atomic E-state index is 11.8. The van der Waals surface area contributed by atoms with Crippen molar-refractivity contribution in [3.63, 3.8) is 0 Å². The Kier molecular flexibility index (Phi) is 3.28. The summed E-state index contributed by atoms with van der Waals surface area (Å²) < 4.78 is 0. The molecule has 2 N–H and O–H groups in total. The molecule has 20 heavy (non-hydrogen) atoms. The molecule has 1 amide bonds. The molecule has 0 saturated heterocycles. The van der Waals surface area contributed by atoms with Crippen molar-refractivity contribution in [1.29, 1.82) is 5.41 Å². The van der Waals surface area contributed by atoms with Crippen LogP contribution in [0.5, 0.6) is 0 Å². The lowest BCUT2D eigenvalue weighted by Crippen LogP contribution is -2.25. The Labute approximate surface area is 121 Å². The van der Waals surface area contributed by atoms with Gasteiger partial charge in [0, 0.05) is 17.9 Å². The molecule has 3 rings (SSSR count). The van der Waals surface area contributed by atoms with Crippen LogP contribution in [-0.2, 0) is 11.2 Å². The Morgan fingerprint density at radius 2 is 2.30 bits per heavy atom. The minimum absolute atomic E-state index is 0.146. The lowest BCUT2D eigenvalue weighted by atomic mass is 10.1. The number of fused-ring (bicyclic) bond motifs is 1. The highest BCUT2D eigenvalue weighted by Gasteiger charge is 2.25. The number of amides is 1. The Hall–Kier alpha value is -2.14. The number of likely N-dealkylation sites (N-methyl/N-ethyl adjacent to an activating group) is 1. The highest BCUT2D eigenvalue weighted by atomic mass is 32.1. The molecule has 102 valence electrons. The van der Waals surface area contributed by atoms with Gasteiger partial charge < -0.3 is 10.2 Å². The summed E-state index contributed by atoms with van der Waals surface area (Å²) in [6, 6.07) is 9.67. The van der Waals surface area contributed by atoms with Crippen molar-refractivity contribution in [1.82, 2.24) is 0 Å². The molecular weight excluding hydrogens is 270 g/mol. The maximum Gasteiger partial charge on any atom is 0.231 e. The van der Waals surface area contributed by atoms with Crippen LogP contribution in [0.15, 0.2) is 35.7 Å². The summed E-state index contributed by atoms with van der Waals surface area (Å²) in [7, 11) is 0. The van der Waals surface area contributed by atoms with Gasteiger partial charge in [-0.2, -0.15) is 0 Å². The Bertz CT molecular complexity index is 664. The molecule has 2 aromatic rings. The molecule has 1 aromatic heterocycles. The van der Waals surface area contributed by atoms with Crippen molar-refractivity contribution < 1.29 is 4.79 Å². The van der Waals surface area contributed by atoms with E-state index >= 15 is 0 Å². The van der Waals surface area contributed by atoms with E-state index in [1.165, 1.54) is 11.3 Å². The van der Waals surface area contributed by atoms with Crippen LogP contribution in [0.2, 0.25) is 0 Å². The minimum atomic E-state index is 0.146. The number of carbonyl (C=O) groups excluding carboxylic acids is 1. The molecule has 1 aromatic carbocycles. The predicted molar refractivity (Wildman–Crippen MR) is 82.9 cm³/mol. The molecule has 5 heteroatoms. The standard InChI is InChI=1S/C15H15N3OS/c1-2-18-12-6-5-11(8-10(12)9-14(18)19)17-15(16)13-4-3-7-20-13/h3-8H,2,9H2,1H3,(H2,16,17). The van der Waals surface area contributed by atoms with E-state index in [4.69, 9.17) is 5.41 Å². The van der Waals surface area contributed by atoms with Crippen molar-refractivity contribution in [3.05, 3.63) is 46.2 Å². The summed E-state index contributed by atoms with van der Waals surface area (Å²) in [5.74, 6) is 0.532. The summed E-state index contributed by atoms with van der Waals surface area (Å²) in [5, 5.41) is 13.1. The number of nitrogens with zero attached hydrogens (tertiary/aromatic N) is 1. The molecule has 0 spiro atoms. The van der Waals surface area contributed by atoms with E-state index in [1.807, 2.05) is 42.6 Å². The molecule has 0 aliphatic carbocycles. The number of benzene rings is 1. The number of rotatable bonds is 3. The van der Waals surface area contributed by atoms with Crippen LogP contribution in [0.3, 0.4) is 0 Å². The molecule has 0 radical (unpaired) electrons. The van der Waals surface area contributed by atoms with Gasteiger partial charge >= 0.3 is 0 Å². The fraction of sp³-hybridized carbons (Fsp3) is 0.200. The first-order valence-electron chi connectivity index (χ1n) is 6.51. The number of nitrogens with one attached hydrogen (secondary N) is 2. The summed E-state index contributed by atoms with van der Waals surface area (Å²) in [5.41, 5.74) is 2.87. The number of thiophene rings is 1. The zero-order valence-corrected chi connectivity index (χ0v) is 12.0. The molecular formula is C15H15N3OS. The summed E-state index contributed by atoms with van der Waals surface area (Å²) >= 11 is 1.53. The minimum Gasteiger partial charge on any atom is -0.340 e. The van der Waals surface area contributed by atoms with Crippen molar-refractivity contribution >= 4 is 34.5 Å². The summed E-state index contributed by atoms with van der Waals surface area (Å²) in [4.78, 5) is 14.5. The van der Waals surface area contributed by atoms with Crippen LogP contribution in [0, 0.1) is 5.41 Å². The number of amidine groups is 1. The molecule has 2 heterocycles. The lowest BCUT2D eigenvalue weighted by Gasteiger charge is -2.15. The molecule has 1 aliphatic rings. The highest BCUT2D eigenvalue weighted by molar-refractivity contribution is 7.12. The second-order valence-electron chi connectivity index (χ2n) is 4.64. The second-order valence-corrected chi connectivity index (χ2v) is 5.58. The largest absolute Gasteiger partial charge is 0.340 e. The van der Waals surface area contributed by atoms with E-state index in [9.17, 15) is 4.79 Å². The maximum absolute atomic E-state index is 11.8. The smallest absolute Gasteiger partial charge is 0.231 e. The third-order valence-corrected chi connectivity index (χ3v) is 4.25. The van der Waals surface area contributed by atoms with Gasteiger partial charge in [-0.05, 0) is 42.1 Å². The molecule has 0 unspecified atom stereocenters. The van der Waals surface area contributed by atoms with Crippen molar-refractivity contribution in [3.8, 4) is 0 Å². The van der Waals surface area contributed by atoms with Crippen LogP contribution in [0.1, 0.15) is 17.4 Å². The van der Waals surface area contributed by atoms with Gasteiger partial charge in [0.25, 0.3) is 0 Å². The lowest BCUT2D eigenvalue weighted by molar-refractivity contribution is -0.117. The number of hydrogen-bond donors (Lipinski definition) is 2. The molecule has 4 nitrogen and oxygen atoms in total. The van der Waals surface area contributed by atoms with Crippen LogP contribution in [0.25, 0.3) is 0 Å². The molecule has 0 fully saturated rings. The quantitative estimate of drug-likeness (QED) is 0.672. The van der Waals surface area contributed by atoms with Crippen LogP contribution in [0.4, 0.5) is 11.4 Å². The average Bonchev–Trinajstić information content (AvgIpc) is 3.04. The van der Waals surface area contributed by atoms with Gasteiger partial charge in [0.05, 0.1) is 11.3 Å². The Morgan fingerprint density at radius 3 is 3.00 bits per heavy atom. The summed E-state index contributed by atoms with van der Waals surface area (Å²) in [6.07, 6.45) is 0.449. The third kappa shape index (κ3) is 2.20. The van der Waals surface area contributed by atoms with E-state index in [0.717, 1.165) is 21.8 Å². The fourth-order valence-corrected chi connectivity index (χ4v) is 3.06. The second kappa shape index (κ2) is 5.09. The van der Waals surface area contributed by atoms with E-state index in [1.54, 1.807) is 4.90 Å². The van der Waals surface area contributed by atoms with Gasteiger partial charge in [-0.25, -0.2) is 0 Å². The van der Waals surface area contributed by atoms with Gasteiger partial charge in [0.2, 0.25) is 5.91 Å². The van der Waals surface area contributed by atoms with Crippen molar-refractivity contribution in [2.45, 2.75) is 13.3 Å². The van der Waals surface area contributed by atoms with E-state index in [0.29, 0.717) is 18.8 Å². The first-order valence-corrected chi connectivity index (χ1v) is 7.39. The normalized spacial score (nSPS) is 13.4. The third-order valence-electron chi connectivity index (χ3n) is 3.37. The van der Waals surface area contributed by atoms with Gasteiger partial charge in [0.15, 0.2) is 0 Å². The van der Waals surface area contributed by atoms with Gasteiger partial charge in [-0.15, -0.1) is 11.3 Å². The fourth-order valence-electron chi connectivity index (χ4n) is 2.43. The zero-order chi connectivity index (χ0) is 14.1. The van der Waals surface area contributed by atoms with Gasteiger partial charge in [-0.3, -0.25) is 10.2 Å². The first-order chi connectivity index (χ1) is 9.69. The number of anilines is 2. The molecule has 1 aliphatic heterocycles. The number of carbonyl (C=O) groups is 1. The molecule has 0 bridgehead atoms. The van der Waals surface area contributed by atoms with Crippen LogP contribution >= 0.6 is 11.3 Å². The number of hydrogen-bond acceptors (Lipinski definition) is 3. The Morgan fingerprint density at radius 1 is 1.45 bits per heavy atom. The monoisotopic (exact) mass is 285 g/mol. The van der Waals surface area contributed by atoms with E-state index < -0.39 is 0 Å². The van der Waals surface area contributed by atoms with Crippen LogP contribution in [-0.4, -0.2) is 18.3 Å². The van der Waals surface area contributed by atoms with Gasteiger partial charge in [-0.1, -0.05) is 6.07 Å². The molecule has 0 atom stereocenters. The summed E-state index contributed by atoms with van der Waals surface area (Å²) in [6.45, 7) is 2.68. The van der Waals surface area contributed by atoms with E-state index in [2.05, 4.69) is 5.32 Å².